The number of carbonyl (C=O) groups is 2. The molecule has 0 heterocycles. The van der Waals surface area contributed by atoms with Gasteiger partial charge in [-0.3, -0.25) is 20.4 Å². The van der Waals surface area contributed by atoms with Gasteiger partial charge in [0.15, 0.2) is 0 Å². The van der Waals surface area contributed by atoms with Crippen molar-refractivity contribution in [2.24, 2.45) is 0 Å². The first-order valence-corrected chi connectivity index (χ1v) is 10.0. The molecule has 8 nitrogen and oxygen atoms in total. The maximum atomic E-state index is 12.2. The van der Waals surface area contributed by atoms with Gasteiger partial charge in [0.25, 0.3) is 5.91 Å². The van der Waals surface area contributed by atoms with Crippen molar-refractivity contribution in [2.75, 3.05) is 20.7 Å². The maximum absolute atomic E-state index is 12.2. The summed E-state index contributed by atoms with van der Waals surface area (Å²) in [4.78, 5) is 24.2. The molecule has 2 rings (SSSR count). The van der Waals surface area contributed by atoms with Crippen LogP contribution in [0.15, 0.2) is 53.4 Å². The molecule has 9 heteroatoms. The molecule has 2 amide bonds. The molecule has 0 radical (unpaired) electrons. The van der Waals surface area contributed by atoms with Gasteiger partial charge in [-0.15, -0.1) is 0 Å². The van der Waals surface area contributed by atoms with Crippen molar-refractivity contribution >= 4 is 21.8 Å². The summed E-state index contributed by atoms with van der Waals surface area (Å²) in [5, 5.41) is 0. The van der Waals surface area contributed by atoms with Crippen LogP contribution in [-0.4, -0.2) is 45.2 Å². The molecule has 28 heavy (non-hydrogen) atoms. The smallest absolute Gasteiger partial charge is 0.269 e. The molecule has 2 aromatic rings. The maximum Gasteiger partial charge on any atom is 0.269 e. The Morgan fingerprint density at radius 2 is 1.71 bits per heavy atom. The van der Waals surface area contributed by atoms with Crippen LogP contribution in [0.5, 0.6) is 5.75 Å². The fourth-order valence-electron chi connectivity index (χ4n) is 2.31. The fourth-order valence-corrected chi connectivity index (χ4v) is 3.26. The lowest BCUT2D eigenvalue weighted by Gasteiger charge is -2.12. The molecule has 0 aliphatic heterocycles. The number of benzene rings is 2. The number of amides is 2. The topological polar surface area (TPSA) is 105 Å². The molecule has 150 valence electrons. The Balaban J connectivity index is 1.95. The monoisotopic (exact) mass is 405 g/mol. The van der Waals surface area contributed by atoms with Crippen LogP contribution in [-0.2, 0) is 21.2 Å². The van der Waals surface area contributed by atoms with E-state index in [1.54, 1.807) is 24.3 Å². The van der Waals surface area contributed by atoms with Crippen molar-refractivity contribution in [3.63, 3.8) is 0 Å². The second-order valence-electron chi connectivity index (χ2n) is 6.07. The highest BCUT2D eigenvalue weighted by molar-refractivity contribution is 7.89. The Kier molecular flexibility index (Phi) is 7.13. The first-order chi connectivity index (χ1) is 13.2. The highest BCUT2D eigenvalue weighted by Crippen LogP contribution is 2.15. The van der Waals surface area contributed by atoms with Gasteiger partial charge in [0.05, 0.1) is 17.9 Å². The summed E-state index contributed by atoms with van der Waals surface area (Å²) in [6, 6.07) is 12.6. The number of hydrazine groups is 1. The molecule has 0 saturated heterocycles. The van der Waals surface area contributed by atoms with Crippen molar-refractivity contribution in [3.05, 3.63) is 59.7 Å². The number of rotatable bonds is 7. The Morgan fingerprint density at radius 3 is 2.32 bits per heavy atom. The van der Waals surface area contributed by atoms with Gasteiger partial charge < -0.3 is 4.74 Å². The third-order valence-corrected chi connectivity index (χ3v) is 5.60. The number of hydrogen-bond donors (Lipinski definition) is 2. The lowest BCUT2D eigenvalue weighted by Crippen LogP contribution is -2.42. The fraction of sp³-hybridized carbons (Fsp3) is 0.263. The van der Waals surface area contributed by atoms with Crippen LogP contribution in [0.3, 0.4) is 0 Å². The molecular formula is C19H23N3O5S. The van der Waals surface area contributed by atoms with E-state index in [1.807, 2.05) is 6.92 Å². The third-order valence-electron chi connectivity index (χ3n) is 3.79. The second kappa shape index (κ2) is 9.34. The number of ether oxygens (including phenoxy) is 1. The molecule has 0 saturated carbocycles. The molecule has 0 fully saturated rings. The number of nitrogens with one attached hydrogen (secondary N) is 2. The van der Waals surface area contributed by atoms with Crippen molar-refractivity contribution in [2.45, 2.75) is 18.2 Å². The minimum absolute atomic E-state index is 0.00846. The minimum Gasteiger partial charge on any atom is -0.494 e. The van der Waals surface area contributed by atoms with Crippen LogP contribution >= 0.6 is 0 Å². The number of nitrogens with zero attached hydrogens (tertiary/aromatic N) is 1. The van der Waals surface area contributed by atoms with E-state index in [9.17, 15) is 18.0 Å². The third kappa shape index (κ3) is 5.54. The average Bonchev–Trinajstić information content (AvgIpc) is 2.68. The van der Waals surface area contributed by atoms with Crippen molar-refractivity contribution < 1.29 is 22.7 Å². The number of sulfonamides is 1. The van der Waals surface area contributed by atoms with Gasteiger partial charge >= 0.3 is 0 Å². The SMILES string of the molecule is CCOc1ccc(CC(=O)NNC(=O)c2cccc(S(=O)(=O)N(C)C)c2)cc1. The quantitative estimate of drug-likeness (QED) is 0.677. The van der Waals surface area contributed by atoms with Crippen molar-refractivity contribution in [3.8, 4) is 5.75 Å². The van der Waals surface area contributed by atoms with Crippen LogP contribution in [0.4, 0.5) is 0 Å². The molecular weight excluding hydrogens is 382 g/mol. The van der Waals surface area contributed by atoms with E-state index in [-0.39, 0.29) is 16.9 Å². The van der Waals surface area contributed by atoms with Crippen molar-refractivity contribution in [1.82, 2.24) is 15.2 Å². The first-order valence-electron chi connectivity index (χ1n) is 8.57. The normalized spacial score (nSPS) is 11.1. The van der Waals surface area contributed by atoms with Gasteiger partial charge in [-0.2, -0.15) is 0 Å². The Hall–Kier alpha value is -2.91. The van der Waals surface area contributed by atoms with Crippen LogP contribution in [0.2, 0.25) is 0 Å². The summed E-state index contributed by atoms with van der Waals surface area (Å²) < 4.78 is 30.7. The van der Waals surface area contributed by atoms with E-state index in [0.717, 1.165) is 9.87 Å². The largest absolute Gasteiger partial charge is 0.494 e. The summed E-state index contributed by atoms with van der Waals surface area (Å²) in [6.07, 6.45) is 0.0712. The van der Waals surface area contributed by atoms with Crippen LogP contribution in [0, 0.1) is 0 Å². The van der Waals surface area contributed by atoms with E-state index in [2.05, 4.69) is 10.9 Å². The van der Waals surface area contributed by atoms with Gasteiger partial charge in [0.1, 0.15) is 5.75 Å². The van der Waals surface area contributed by atoms with Gasteiger partial charge in [-0.1, -0.05) is 18.2 Å². The zero-order valence-corrected chi connectivity index (χ0v) is 16.7. The standard InChI is InChI=1S/C19H23N3O5S/c1-4-27-16-10-8-14(9-11-16)12-18(23)20-21-19(24)15-6-5-7-17(13-15)28(25,26)22(2)3/h5-11,13H,4,12H2,1-3H3,(H,20,23)(H,21,24). The van der Waals surface area contributed by atoms with Gasteiger partial charge in [-0.05, 0) is 42.8 Å². The second-order valence-corrected chi connectivity index (χ2v) is 8.22. The Morgan fingerprint density at radius 1 is 1.04 bits per heavy atom. The molecule has 0 unspecified atom stereocenters. The summed E-state index contributed by atoms with van der Waals surface area (Å²) >= 11 is 0. The average molecular weight is 405 g/mol. The Bertz CT molecular complexity index is 940. The van der Waals surface area contributed by atoms with Crippen LogP contribution < -0.4 is 15.6 Å². The Labute approximate surface area is 164 Å². The van der Waals surface area contributed by atoms with Gasteiger partial charge in [0.2, 0.25) is 15.9 Å². The molecule has 0 aliphatic carbocycles. The van der Waals surface area contributed by atoms with E-state index < -0.39 is 21.8 Å². The summed E-state index contributed by atoms with van der Waals surface area (Å²) in [7, 11) is -0.845. The summed E-state index contributed by atoms with van der Waals surface area (Å²) in [5.41, 5.74) is 5.48. The van der Waals surface area contributed by atoms with Gasteiger partial charge in [-0.25, -0.2) is 12.7 Å². The highest BCUT2D eigenvalue weighted by Gasteiger charge is 2.18. The molecule has 0 bridgehead atoms. The number of hydrogen-bond acceptors (Lipinski definition) is 5. The summed E-state index contributed by atoms with van der Waals surface area (Å²) in [6.45, 7) is 2.44. The molecule has 0 aliphatic rings. The summed E-state index contributed by atoms with van der Waals surface area (Å²) in [5.74, 6) is -0.307. The predicted octanol–water partition coefficient (Wildman–Crippen LogP) is 1.34. The first kappa shape index (κ1) is 21.4. The zero-order chi connectivity index (χ0) is 20.7. The highest BCUT2D eigenvalue weighted by atomic mass is 32.2. The lowest BCUT2D eigenvalue weighted by molar-refractivity contribution is -0.121. The predicted molar refractivity (Wildman–Crippen MR) is 104 cm³/mol. The molecule has 2 N–H and O–H groups in total. The zero-order valence-electron chi connectivity index (χ0n) is 15.9. The van der Waals surface area contributed by atoms with Crippen molar-refractivity contribution in [1.29, 1.82) is 0 Å². The lowest BCUT2D eigenvalue weighted by atomic mass is 10.1. The molecule has 0 spiro atoms. The number of carbonyl (C=O) groups excluding carboxylic acids is 2. The molecule has 0 aromatic heterocycles. The van der Waals surface area contributed by atoms with Crippen LogP contribution in [0.1, 0.15) is 22.8 Å². The van der Waals surface area contributed by atoms with E-state index in [0.29, 0.717) is 12.4 Å². The molecule has 0 atom stereocenters. The van der Waals surface area contributed by atoms with E-state index in [4.69, 9.17) is 4.74 Å². The van der Waals surface area contributed by atoms with Gasteiger partial charge in [0, 0.05) is 19.7 Å². The minimum atomic E-state index is -3.66. The van der Waals surface area contributed by atoms with E-state index in [1.165, 1.54) is 38.4 Å². The van der Waals surface area contributed by atoms with E-state index >= 15 is 0 Å². The molecule has 2 aromatic carbocycles. The van der Waals surface area contributed by atoms with Crippen LogP contribution in [0.25, 0.3) is 0 Å².